The van der Waals surface area contributed by atoms with Crippen LogP contribution in [0.15, 0.2) is 79.4 Å². The Hall–Kier alpha value is -2.54. The lowest BCUT2D eigenvalue weighted by Gasteiger charge is -2.32. The van der Waals surface area contributed by atoms with Crippen LogP contribution in [0.2, 0.25) is 0 Å². The van der Waals surface area contributed by atoms with Gasteiger partial charge in [-0.1, -0.05) is 72.9 Å². The lowest BCUT2D eigenvalue weighted by atomic mass is 10.1. The van der Waals surface area contributed by atoms with Crippen molar-refractivity contribution in [3.8, 4) is 0 Å². The van der Waals surface area contributed by atoms with E-state index in [1.165, 1.54) is 0 Å². The molecule has 5 nitrogen and oxygen atoms in total. The van der Waals surface area contributed by atoms with Gasteiger partial charge in [0, 0.05) is 12.0 Å². The topological polar surface area (TPSA) is 58.9 Å². The molecule has 25 heavy (non-hydrogen) atoms. The summed E-state index contributed by atoms with van der Waals surface area (Å²) in [5, 5.41) is 3.42. The Morgan fingerprint density at radius 2 is 1.76 bits per heavy atom. The first kappa shape index (κ1) is 17.3. The number of imidazole rings is 1. The highest BCUT2D eigenvalue weighted by atomic mass is 32.1. The minimum absolute atomic E-state index is 0.639. The van der Waals surface area contributed by atoms with E-state index in [-0.39, 0.29) is 0 Å². The monoisotopic (exact) mass is 352 g/mol. The molecule has 3 aromatic rings. The van der Waals surface area contributed by atoms with Crippen LogP contribution in [0.3, 0.4) is 0 Å². The number of rotatable bonds is 6. The van der Waals surface area contributed by atoms with Crippen molar-refractivity contribution < 1.29 is 4.57 Å². The zero-order valence-electron chi connectivity index (χ0n) is 14.1. The van der Waals surface area contributed by atoms with Gasteiger partial charge in [0.25, 0.3) is 5.79 Å². The molecule has 3 rings (SSSR count). The molecule has 1 aromatic heterocycles. The lowest BCUT2D eigenvalue weighted by Crippen LogP contribution is -2.63. The van der Waals surface area contributed by atoms with Gasteiger partial charge in [-0.3, -0.25) is 5.84 Å². The molecule has 0 fully saturated rings. The summed E-state index contributed by atoms with van der Waals surface area (Å²) < 4.78 is 3.93. The smallest absolute Gasteiger partial charge is 0.279 e. The fourth-order valence-corrected chi connectivity index (χ4v) is 3.15. The Morgan fingerprint density at radius 1 is 1.12 bits per heavy atom. The van der Waals surface area contributed by atoms with E-state index < -0.39 is 5.79 Å². The van der Waals surface area contributed by atoms with Gasteiger partial charge in [0.2, 0.25) is 6.33 Å². The molecule has 6 heteroatoms. The van der Waals surface area contributed by atoms with E-state index in [9.17, 15) is 0 Å². The van der Waals surface area contributed by atoms with Crippen LogP contribution in [0, 0.1) is 0 Å². The quantitative estimate of drug-likeness (QED) is 0.207. The van der Waals surface area contributed by atoms with E-state index in [0.717, 1.165) is 11.1 Å². The van der Waals surface area contributed by atoms with Crippen LogP contribution >= 0.6 is 12.2 Å². The molecule has 1 atom stereocenters. The summed E-state index contributed by atoms with van der Waals surface area (Å²) in [6.07, 6.45) is 6.49. The minimum Gasteiger partial charge on any atom is -0.321 e. The van der Waals surface area contributed by atoms with Crippen LogP contribution in [-0.4, -0.2) is 9.56 Å². The molecular weight excluding hydrogens is 330 g/mol. The molecule has 0 amide bonds. The first-order valence-corrected chi connectivity index (χ1v) is 8.47. The highest BCUT2D eigenvalue weighted by molar-refractivity contribution is 7.80. The Labute approximate surface area is 153 Å². The number of aryl methyl sites for hydroxylation is 1. The Bertz CT molecular complexity index is 831. The summed E-state index contributed by atoms with van der Waals surface area (Å²) in [6, 6.07) is 20.1. The molecule has 0 radical (unpaired) electrons. The highest BCUT2D eigenvalue weighted by Gasteiger charge is 2.38. The van der Waals surface area contributed by atoms with Crippen molar-refractivity contribution in [1.82, 2.24) is 15.3 Å². The van der Waals surface area contributed by atoms with E-state index in [2.05, 4.69) is 22.9 Å². The Morgan fingerprint density at radius 3 is 2.32 bits per heavy atom. The molecule has 0 aliphatic rings. The first-order chi connectivity index (χ1) is 12.1. The minimum atomic E-state index is -0.867. The third-order valence-corrected chi connectivity index (χ3v) is 4.33. The molecule has 128 valence electrons. The molecule has 0 saturated carbocycles. The summed E-state index contributed by atoms with van der Waals surface area (Å²) in [4.78, 5) is 0.698. The average Bonchev–Trinajstić information content (AvgIpc) is 3.08. The number of nitrogens with one attached hydrogen (secondary N) is 2. The first-order valence-electron chi connectivity index (χ1n) is 8.06. The SMILES string of the molecule is C[n+]1ccn(C(NN)(NC(=S)Cc2ccccc2)c2ccccc2)c1. The molecule has 0 aliphatic carbocycles. The zero-order chi connectivity index (χ0) is 17.7. The second-order valence-electron chi connectivity index (χ2n) is 5.92. The second kappa shape index (κ2) is 7.57. The summed E-state index contributed by atoms with van der Waals surface area (Å²) in [6.45, 7) is 0. The highest BCUT2D eigenvalue weighted by Crippen LogP contribution is 2.20. The van der Waals surface area contributed by atoms with Gasteiger partial charge in [0.1, 0.15) is 12.4 Å². The Kier molecular flexibility index (Phi) is 5.23. The van der Waals surface area contributed by atoms with Gasteiger partial charge in [0.15, 0.2) is 0 Å². The van der Waals surface area contributed by atoms with E-state index >= 15 is 0 Å². The van der Waals surface area contributed by atoms with Crippen molar-refractivity contribution >= 4 is 17.2 Å². The van der Waals surface area contributed by atoms with Crippen molar-refractivity contribution in [3.05, 3.63) is 90.5 Å². The standard InChI is InChI=1S/C19H21N5S/c1-23-12-13-24(15-23)19(22-20,17-10-6-3-7-11-17)21-18(25)14-16-8-4-2-5-9-16/h2-13,15,22H,14,20H2,1H3/p+1. The molecule has 1 unspecified atom stereocenters. The maximum atomic E-state index is 6.02. The van der Waals surface area contributed by atoms with Crippen molar-refractivity contribution in [2.24, 2.45) is 12.9 Å². The van der Waals surface area contributed by atoms with Gasteiger partial charge < -0.3 is 5.32 Å². The maximum absolute atomic E-state index is 6.02. The van der Waals surface area contributed by atoms with Crippen molar-refractivity contribution in [2.75, 3.05) is 0 Å². The van der Waals surface area contributed by atoms with Crippen molar-refractivity contribution in [3.63, 3.8) is 0 Å². The van der Waals surface area contributed by atoms with Crippen LogP contribution < -0.4 is 21.2 Å². The summed E-state index contributed by atoms with van der Waals surface area (Å²) in [5.74, 6) is 5.15. The average molecular weight is 352 g/mol. The van der Waals surface area contributed by atoms with Crippen LogP contribution in [0.25, 0.3) is 0 Å². The van der Waals surface area contributed by atoms with Crippen LogP contribution in [-0.2, 0) is 19.3 Å². The molecule has 0 aliphatic heterocycles. The summed E-state index contributed by atoms with van der Waals surface area (Å²) in [7, 11) is 1.96. The number of nitrogens with two attached hydrogens (primary N) is 1. The van der Waals surface area contributed by atoms with Crippen molar-refractivity contribution in [1.29, 1.82) is 0 Å². The number of hydrogen-bond donors (Lipinski definition) is 3. The van der Waals surface area contributed by atoms with Gasteiger partial charge in [-0.25, -0.2) is 4.57 Å². The predicted molar refractivity (Wildman–Crippen MR) is 102 cm³/mol. The van der Waals surface area contributed by atoms with Gasteiger partial charge in [-0.2, -0.15) is 9.99 Å². The number of nitrogens with zero attached hydrogens (tertiary/aromatic N) is 2. The summed E-state index contributed by atoms with van der Waals surface area (Å²) in [5.41, 5.74) is 5.04. The predicted octanol–water partition coefficient (Wildman–Crippen LogP) is 1.59. The van der Waals surface area contributed by atoms with Gasteiger partial charge in [0.05, 0.1) is 12.0 Å². The van der Waals surface area contributed by atoms with E-state index in [1.54, 1.807) is 0 Å². The number of benzene rings is 2. The van der Waals surface area contributed by atoms with Crippen LogP contribution in [0.1, 0.15) is 11.1 Å². The van der Waals surface area contributed by atoms with E-state index in [0.29, 0.717) is 11.4 Å². The van der Waals surface area contributed by atoms with Crippen molar-refractivity contribution in [2.45, 2.75) is 12.2 Å². The van der Waals surface area contributed by atoms with Gasteiger partial charge >= 0.3 is 0 Å². The maximum Gasteiger partial charge on any atom is 0.279 e. The normalized spacial score (nSPS) is 13.2. The third kappa shape index (κ3) is 3.76. The van der Waals surface area contributed by atoms with Crippen LogP contribution in [0.4, 0.5) is 0 Å². The number of thiocarbonyl (C=S) groups is 1. The number of aromatic nitrogens is 2. The number of hydrogen-bond acceptors (Lipinski definition) is 3. The number of hydrazine groups is 1. The van der Waals surface area contributed by atoms with E-state index in [4.69, 9.17) is 18.1 Å². The molecule has 0 spiro atoms. The summed E-state index contributed by atoms with van der Waals surface area (Å²) >= 11 is 5.63. The molecule has 2 aromatic carbocycles. The molecule has 0 saturated heterocycles. The largest absolute Gasteiger partial charge is 0.321 e. The molecule has 0 bridgehead atoms. The van der Waals surface area contributed by atoms with Gasteiger partial charge in [-0.05, 0) is 5.56 Å². The lowest BCUT2D eigenvalue weighted by molar-refractivity contribution is -0.671. The molecular formula is C19H22N5S+. The zero-order valence-corrected chi connectivity index (χ0v) is 14.9. The third-order valence-electron chi connectivity index (χ3n) is 4.08. The van der Waals surface area contributed by atoms with Gasteiger partial charge in [-0.15, -0.1) is 0 Å². The van der Waals surface area contributed by atoms with Crippen LogP contribution in [0.5, 0.6) is 0 Å². The molecule has 1 heterocycles. The van der Waals surface area contributed by atoms with E-state index in [1.807, 2.05) is 83.4 Å². The second-order valence-corrected chi connectivity index (χ2v) is 6.41. The molecule has 4 N–H and O–H groups in total. The fraction of sp³-hybridized carbons (Fsp3) is 0.158. The Balaban J connectivity index is 1.95. The fourth-order valence-electron chi connectivity index (χ4n) is 2.83.